The van der Waals surface area contributed by atoms with E-state index in [0.29, 0.717) is 30.4 Å². The van der Waals surface area contributed by atoms with Gasteiger partial charge >= 0.3 is 0 Å². The van der Waals surface area contributed by atoms with Crippen molar-refractivity contribution in [2.45, 2.75) is 44.2 Å². The van der Waals surface area contributed by atoms with E-state index in [0.717, 1.165) is 54.2 Å². The van der Waals surface area contributed by atoms with E-state index in [1.165, 1.54) is 18.6 Å². The number of methoxy groups -OCH3 is 1. The van der Waals surface area contributed by atoms with Crippen molar-refractivity contribution in [3.05, 3.63) is 60.3 Å². The number of fused-ring (bicyclic) bond motifs is 1. The molecule has 2 aliphatic rings. The molecule has 0 radical (unpaired) electrons. The van der Waals surface area contributed by atoms with Crippen molar-refractivity contribution in [1.82, 2.24) is 29.7 Å². The second-order valence-corrected chi connectivity index (χ2v) is 9.06. The van der Waals surface area contributed by atoms with Crippen molar-refractivity contribution in [1.29, 1.82) is 0 Å². The molecule has 1 N–H and O–H groups in total. The van der Waals surface area contributed by atoms with Crippen molar-refractivity contribution < 1.29 is 13.9 Å². The molecule has 1 aromatic carbocycles. The Kier molecular flexibility index (Phi) is 5.92. The fourth-order valence-corrected chi connectivity index (χ4v) is 4.66. The van der Waals surface area contributed by atoms with Gasteiger partial charge in [0, 0.05) is 36.4 Å². The number of nitrogens with one attached hydrogen (secondary N) is 1. The van der Waals surface area contributed by atoms with Gasteiger partial charge in [0.05, 0.1) is 30.2 Å². The average molecular weight is 488 g/mol. The van der Waals surface area contributed by atoms with Gasteiger partial charge in [-0.05, 0) is 56.0 Å². The fraction of sp³-hybridized carbons (Fsp3) is 0.346. The molecule has 184 valence electrons. The van der Waals surface area contributed by atoms with Gasteiger partial charge in [-0.15, -0.1) is 10.2 Å². The fourth-order valence-electron chi connectivity index (χ4n) is 4.66. The third-order valence-corrected chi connectivity index (χ3v) is 6.75. The van der Waals surface area contributed by atoms with E-state index < -0.39 is 0 Å². The number of hydrogen-bond donors (Lipinski definition) is 1. The Labute approximate surface area is 207 Å². The number of ether oxygens (including phenoxy) is 2. The van der Waals surface area contributed by atoms with E-state index in [1.54, 1.807) is 37.6 Å². The maximum atomic E-state index is 13.7. The molecule has 1 unspecified atom stereocenters. The SMILES string of the molecule is COc1ccc(OCC2CCc3nc(-c4ccc(F)cc4)c(-c4ccnc(NC5CCC5)n4)n32)nn1. The summed E-state index contributed by atoms with van der Waals surface area (Å²) in [6.07, 6.45) is 6.93. The number of benzene rings is 1. The van der Waals surface area contributed by atoms with E-state index >= 15 is 0 Å². The van der Waals surface area contributed by atoms with E-state index in [9.17, 15) is 4.39 Å². The van der Waals surface area contributed by atoms with Crippen molar-refractivity contribution in [3.63, 3.8) is 0 Å². The summed E-state index contributed by atoms with van der Waals surface area (Å²) in [4.78, 5) is 14.3. The zero-order valence-electron chi connectivity index (χ0n) is 19.9. The highest BCUT2D eigenvalue weighted by atomic mass is 19.1. The van der Waals surface area contributed by atoms with E-state index in [1.807, 2.05) is 6.07 Å². The molecule has 0 amide bonds. The van der Waals surface area contributed by atoms with Crippen LogP contribution in [-0.4, -0.2) is 49.5 Å². The molecule has 3 aromatic heterocycles. The summed E-state index contributed by atoms with van der Waals surface area (Å²) in [6.45, 7) is 0.401. The van der Waals surface area contributed by atoms with Crippen LogP contribution >= 0.6 is 0 Å². The Balaban J connectivity index is 1.36. The molecule has 1 aliphatic carbocycles. The Morgan fingerprint density at radius 1 is 1.00 bits per heavy atom. The van der Waals surface area contributed by atoms with E-state index in [-0.39, 0.29) is 11.9 Å². The Morgan fingerprint density at radius 3 is 2.53 bits per heavy atom. The summed E-state index contributed by atoms with van der Waals surface area (Å²) >= 11 is 0. The van der Waals surface area contributed by atoms with Gasteiger partial charge in [0.15, 0.2) is 0 Å². The van der Waals surface area contributed by atoms with Crippen LogP contribution in [0, 0.1) is 5.82 Å². The molecule has 10 heteroatoms. The molecule has 1 saturated carbocycles. The lowest BCUT2D eigenvalue weighted by atomic mass is 9.93. The number of rotatable bonds is 8. The summed E-state index contributed by atoms with van der Waals surface area (Å²) in [7, 11) is 1.55. The minimum atomic E-state index is -0.284. The van der Waals surface area contributed by atoms with Gasteiger partial charge in [-0.1, -0.05) is 0 Å². The summed E-state index contributed by atoms with van der Waals surface area (Å²) in [6, 6.07) is 12.2. The van der Waals surface area contributed by atoms with Gasteiger partial charge in [0.2, 0.25) is 17.7 Å². The van der Waals surface area contributed by atoms with Crippen LogP contribution in [-0.2, 0) is 6.42 Å². The lowest BCUT2D eigenvalue weighted by molar-refractivity contribution is 0.243. The molecule has 0 saturated heterocycles. The smallest absolute Gasteiger partial charge is 0.233 e. The maximum Gasteiger partial charge on any atom is 0.233 e. The topological polar surface area (TPSA) is 99.9 Å². The van der Waals surface area contributed by atoms with Crippen LogP contribution in [0.2, 0.25) is 0 Å². The van der Waals surface area contributed by atoms with Crippen LogP contribution in [0.3, 0.4) is 0 Å². The molecule has 0 bridgehead atoms. The minimum absolute atomic E-state index is 0.0265. The summed E-state index contributed by atoms with van der Waals surface area (Å²) in [5, 5.41) is 11.5. The number of aromatic nitrogens is 6. The Hall–Kier alpha value is -4.08. The molecule has 1 aliphatic heterocycles. The number of hydrogen-bond acceptors (Lipinski definition) is 8. The molecule has 1 atom stereocenters. The van der Waals surface area contributed by atoms with Crippen LogP contribution in [0.5, 0.6) is 11.8 Å². The van der Waals surface area contributed by atoms with Crippen molar-refractivity contribution in [2.24, 2.45) is 0 Å². The van der Waals surface area contributed by atoms with Gasteiger partial charge in [-0.25, -0.2) is 19.3 Å². The van der Waals surface area contributed by atoms with Crippen molar-refractivity contribution in [2.75, 3.05) is 19.0 Å². The first-order valence-electron chi connectivity index (χ1n) is 12.2. The average Bonchev–Trinajstić information content (AvgIpc) is 3.45. The van der Waals surface area contributed by atoms with Gasteiger partial charge in [0.1, 0.15) is 18.2 Å². The Bertz CT molecular complexity index is 1350. The molecule has 36 heavy (non-hydrogen) atoms. The summed E-state index contributed by atoms with van der Waals surface area (Å²) in [5.74, 6) is 2.14. The maximum absolute atomic E-state index is 13.7. The molecule has 4 heterocycles. The zero-order valence-corrected chi connectivity index (χ0v) is 19.9. The largest absolute Gasteiger partial charge is 0.480 e. The quantitative estimate of drug-likeness (QED) is 0.389. The van der Waals surface area contributed by atoms with Crippen LogP contribution in [0.1, 0.15) is 37.5 Å². The number of imidazole rings is 1. The van der Waals surface area contributed by atoms with Gasteiger partial charge < -0.3 is 19.4 Å². The van der Waals surface area contributed by atoms with Crippen LogP contribution in [0.15, 0.2) is 48.7 Å². The number of nitrogens with zero attached hydrogens (tertiary/aromatic N) is 6. The number of anilines is 1. The second-order valence-electron chi connectivity index (χ2n) is 9.06. The molecular weight excluding hydrogens is 461 g/mol. The lowest BCUT2D eigenvalue weighted by Gasteiger charge is -2.26. The lowest BCUT2D eigenvalue weighted by Crippen LogP contribution is -2.28. The highest BCUT2D eigenvalue weighted by molar-refractivity contribution is 5.78. The predicted molar refractivity (Wildman–Crippen MR) is 131 cm³/mol. The third-order valence-electron chi connectivity index (χ3n) is 6.75. The molecule has 4 aromatic rings. The van der Waals surface area contributed by atoms with Crippen LogP contribution < -0.4 is 14.8 Å². The highest BCUT2D eigenvalue weighted by Gasteiger charge is 2.31. The first-order chi connectivity index (χ1) is 17.7. The Morgan fingerprint density at radius 2 is 1.81 bits per heavy atom. The normalized spacial score (nSPS) is 16.9. The monoisotopic (exact) mass is 487 g/mol. The first-order valence-corrected chi connectivity index (χ1v) is 12.2. The number of halogens is 1. The van der Waals surface area contributed by atoms with Gasteiger partial charge in [-0.3, -0.25) is 0 Å². The first kappa shape index (κ1) is 22.4. The third kappa shape index (κ3) is 4.34. The molecule has 0 spiro atoms. The highest BCUT2D eigenvalue weighted by Crippen LogP contribution is 2.39. The second kappa shape index (κ2) is 9.52. The van der Waals surface area contributed by atoms with E-state index in [2.05, 4.69) is 25.1 Å². The molecule has 9 nitrogen and oxygen atoms in total. The van der Waals surface area contributed by atoms with Gasteiger partial charge in [0.25, 0.3) is 0 Å². The zero-order chi connectivity index (χ0) is 24.5. The van der Waals surface area contributed by atoms with E-state index in [4.69, 9.17) is 19.4 Å². The summed E-state index contributed by atoms with van der Waals surface area (Å²) in [5.41, 5.74) is 3.25. The standard InChI is InChI=1S/C26H26FN7O2/c1-35-22-11-12-23(33-32-22)36-15-19-9-10-21-31-24(16-5-7-17(27)8-6-16)25(34(19)21)20-13-14-28-26(30-20)29-18-3-2-4-18/h5-8,11-14,18-19H,2-4,9-10,15H2,1H3,(H,28,29,30). The number of aryl methyl sites for hydroxylation is 1. The molecular formula is C26H26FN7O2. The molecule has 6 rings (SSSR count). The predicted octanol–water partition coefficient (Wildman–Crippen LogP) is 4.48. The van der Waals surface area contributed by atoms with Crippen molar-refractivity contribution in [3.8, 4) is 34.4 Å². The summed E-state index contributed by atoms with van der Waals surface area (Å²) < 4.78 is 26.9. The molecule has 1 fully saturated rings. The van der Waals surface area contributed by atoms with Crippen LogP contribution in [0.25, 0.3) is 22.6 Å². The minimum Gasteiger partial charge on any atom is -0.480 e. The van der Waals surface area contributed by atoms with Crippen LogP contribution in [0.4, 0.5) is 10.3 Å². The van der Waals surface area contributed by atoms with Gasteiger partial charge in [-0.2, -0.15) is 0 Å². The van der Waals surface area contributed by atoms with Crippen molar-refractivity contribution >= 4 is 5.95 Å².